The molecule has 0 fully saturated rings. The summed E-state index contributed by atoms with van der Waals surface area (Å²) in [6.45, 7) is 11.9. The third-order valence-corrected chi connectivity index (χ3v) is 13.4. The van der Waals surface area contributed by atoms with Crippen molar-refractivity contribution in [1.82, 2.24) is 0 Å². The molecule has 0 N–H and O–H groups in total. The average molecular weight is 781 g/mol. The van der Waals surface area contributed by atoms with E-state index in [0.29, 0.717) is 23.7 Å². The van der Waals surface area contributed by atoms with E-state index in [0.717, 1.165) is 19.3 Å². The molecule has 0 heterocycles. The van der Waals surface area contributed by atoms with Crippen molar-refractivity contribution in [2.24, 2.45) is 5.92 Å². The Balaban J connectivity index is 1.03. The Morgan fingerprint density at radius 1 is 0.467 bits per heavy atom. The Morgan fingerprint density at radius 3 is 1.52 bits per heavy atom. The Hall–Kier alpha value is -5.98. The molecule has 4 atom stereocenters. The SMILES string of the molecule is CCCC(C)C(C)c1ccc(-c2ccc(-c3ccc(C(C)CC(c4ccccc4)c4ccc(-c5ccccc5)cc4)cc3)cc2)cc1C1=C(C)CCC(c2ccccc2)=C1. The molecule has 0 nitrogen and oxygen atoms in total. The largest absolute Gasteiger partial charge is 0.0654 e. The molecule has 0 spiro atoms. The summed E-state index contributed by atoms with van der Waals surface area (Å²) in [5.41, 5.74) is 20.2. The van der Waals surface area contributed by atoms with Crippen LogP contribution in [0.2, 0.25) is 0 Å². The first kappa shape index (κ1) is 40.8. The number of benzene rings is 7. The van der Waals surface area contributed by atoms with E-state index in [2.05, 4.69) is 223 Å². The van der Waals surface area contributed by atoms with Gasteiger partial charge in [-0.05, 0) is 128 Å². The molecule has 1 aliphatic carbocycles. The predicted molar refractivity (Wildman–Crippen MR) is 259 cm³/mol. The van der Waals surface area contributed by atoms with E-state index in [4.69, 9.17) is 0 Å². The molecule has 0 saturated carbocycles. The van der Waals surface area contributed by atoms with Gasteiger partial charge in [0.05, 0.1) is 0 Å². The zero-order chi connectivity index (χ0) is 41.4. The van der Waals surface area contributed by atoms with E-state index in [1.807, 2.05) is 0 Å². The maximum Gasteiger partial charge on any atom is 0.00950 e. The van der Waals surface area contributed by atoms with Crippen LogP contribution in [0, 0.1) is 5.92 Å². The van der Waals surface area contributed by atoms with E-state index in [9.17, 15) is 0 Å². The quantitative estimate of drug-likeness (QED) is 0.103. The zero-order valence-corrected chi connectivity index (χ0v) is 36.2. The van der Waals surface area contributed by atoms with Crippen LogP contribution in [0.4, 0.5) is 0 Å². The van der Waals surface area contributed by atoms with Crippen molar-refractivity contribution in [2.45, 2.75) is 84.5 Å². The summed E-state index contributed by atoms with van der Waals surface area (Å²) in [5, 5.41) is 0. The van der Waals surface area contributed by atoms with Gasteiger partial charge in [0.15, 0.2) is 0 Å². The second-order valence-corrected chi connectivity index (χ2v) is 17.4. The second kappa shape index (κ2) is 18.9. The first-order valence-electron chi connectivity index (χ1n) is 22.4. The molecule has 4 unspecified atom stereocenters. The number of rotatable bonds is 14. The van der Waals surface area contributed by atoms with Crippen molar-refractivity contribution >= 4 is 11.1 Å². The fourth-order valence-electron chi connectivity index (χ4n) is 9.43. The molecule has 0 bridgehead atoms. The monoisotopic (exact) mass is 780 g/mol. The van der Waals surface area contributed by atoms with Gasteiger partial charge >= 0.3 is 0 Å². The van der Waals surface area contributed by atoms with Crippen LogP contribution in [0.5, 0.6) is 0 Å². The Kier molecular flexibility index (Phi) is 12.9. The van der Waals surface area contributed by atoms with Crippen molar-refractivity contribution in [3.8, 4) is 33.4 Å². The van der Waals surface area contributed by atoms with Crippen LogP contribution >= 0.6 is 0 Å². The van der Waals surface area contributed by atoms with Gasteiger partial charge in [0.1, 0.15) is 0 Å². The highest BCUT2D eigenvalue weighted by molar-refractivity contribution is 5.90. The first-order valence-corrected chi connectivity index (χ1v) is 22.4. The summed E-state index contributed by atoms with van der Waals surface area (Å²) in [6.07, 6.45) is 8.18. The third kappa shape index (κ3) is 9.25. The van der Waals surface area contributed by atoms with Crippen LogP contribution in [0.25, 0.3) is 44.5 Å². The molecule has 1 aliphatic rings. The van der Waals surface area contributed by atoms with Gasteiger partial charge < -0.3 is 0 Å². The van der Waals surface area contributed by atoms with Crippen LogP contribution in [-0.4, -0.2) is 0 Å². The predicted octanol–water partition coefficient (Wildman–Crippen LogP) is 17.2. The first-order chi connectivity index (χ1) is 29.4. The maximum absolute atomic E-state index is 2.49. The highest BCUT2D eigenvalue weighted by Gasteiger charge is 2.23. The zero-order valence-electron chi connectivity index (χ0n) is 36.2. The minimum absolute atomic E-state index is 0.316. The normalized spacial score (nSPS) is 14.9. The van der Waals surface area contributed by atoms with Gasteiger partial charge in [-0.1, -0.05) is 228 Å². The van der Waals surface area contributed by atoms with E-state index in [1.165, 1.54) is 96.3 Å². The number of allylic oxidation sites excluding steroid dienone is 4. The fourth-order valence-corrected chi connectivity index (χ4v) is 9.43. The summed E-state index contributed by atoms with van der Waals surface area (Å²) >= 11 is 0. The Morgan fingerprint density at radius 2 is 0.933 bits per heavy atom. The summed E-state index contributed by atoms with van der Waals surface area (Å²) < 4.78 is 0. The second-order valence-electron chi connectivity index (χ2n) is 17.4. The van der Waals surface area contributed by atoms with Crippen LogP contribution in [-0.2, 0) is 0 Å². The standard InChI is InChI=1S/C60H60/c1-6-16-42(2)45(5)57-38-37-56(41-60(57)58-40-55(24-23-43(58)3)48-19-12-8-13-20-48)52-31-29-51(30-32-52)50-27-25-46(26-28-50)44(4)39-59(53-21-14-9-15-22-53)54-35-33-49(34-36-54)47-17-10-7-11-18-47/h7-15,17-22,25-38,40-42,44-45,59H,6,16,23-24,39H2,1-5H3. The molecular weight excluding hydrogens is 721 g/mol. The smallest absolute Gasteiger partial charge is 0.00950 e. The van der Waals surface area contributed by atoms with Crippen LogP contribution in [0.1, 0.15) is 118 Å². The minimum atomic E-state index is 0.316. The minimum Gasteiger partial charge on any atom is -0.0654 e. The Labute approximate surface area is 360 Å². The van der Waals surface area contributed by atoms with Gasteiger partial charge in [-0.2, -0.15) is 0 Å². The Bertz CT molecular complexity index is 2520. The summed E-state index contributed by atoms with van der Waals surface area (Å²) in [5.74, 6) is 1.81. The molecule has 0 amide bonds. The van der Waals surface area contributed by atoms with Gasteiger partial charge in [-0.15, -0.1) is 0 Å². The highest BCUT2D eigenvalue weighted by atomic mass is 14.3. The molecule has 0 saturated heterocycles. The van der Waals surface area contributed by atoms with Gasteiger partial charge in [-0.25, -0.2) is 0 Å². The molecule has 7 aromatic carbocycles. The summed E-state index contributed by atoms with van der Waals surface area (Å²) in [6, 6.07) is 67.7. The van der Waals surface area contributed by atoms with E-state index in [1.54, 1.807) is 0 Å². The topological polar surface area (TPSA) is 0 Å². The lowest BCUT2D eigenvalue weighted by Gasteiger charge is -2.26. The molecule has 0 heteroatoms. The average Bonchev–Trinajstić information content (AvgIpc) is 3.31. The molecule has 0 radical (unpaired) electrons. The lowest BCUT2D eigenvalue weighted by Crippen LogP contribution is -2.10. The molecule has 0 aromatic heterocycles. The molecular formula is C60H60. The molecule has 8 rings (SSSR count). The van der Waals surface area contributed by atoms with Crippen molar-refractivity contribution < 1.29 is 0 Å². The third-order valence-electron chi connectivity index (χ3n) is 13.4. The highest BCUT2D eigenvalue weighted by Crippen LogP contribution is 2.42. The van der Waals surface area contributed by atoms with Gasteiger partial charge in [0.25, 0.3) is 0 Å². The van der Waals surface area contributed by atoms with Crippen molar-refractivity contribution in [2.75, 3.05) is 0 Å². The fraction of sp³-hybridized carbons (Fsp3) is 0.233. The van der Waals surface area contributed by atoms with E-state index in [-0.39, 0.29) is 0 Å². The van der Waals surface area contributed by atoms with Gasteiger partial charge in [0.2, 0.25) is 0 Å². The molecule has 300 valence electrons. The number of hydrogen-bond donors (Lipinski definition) is 0. The summed E-state index contributed by atoms with van der Waals surface area (Å²) in [7, 11) is 0. The lowest BCUT2D eigenvalue weighted by molar-refractivity contribution is 0.447. The van der Waals surface area contributed by atoms with E-state index >= 15 is 0 Å². The van der Waals surface area contributed by atoms with Crippen molar-refractivity contribution in [3.05, 3.63) is 227 Å². The van der Waals surface area contributed by atoms with Gasteiger partial charge in [0, 0.05) is 5.92 Å². The van der Waals surface area contributed by atoms with Gasteiger partial charge in [-0.3, -0.25) is 0 Å². The molecule has 60 heavy (non-hydrogen) atoms. The van der Waals surface area contributed by atoms with Crippen LogP contribution < -0.4 is 0 Å². The lowest BCUT2D eigenvalue weighted by atomic mass is 9.78. The van der Waals surface area contributed by atoms with Crippen molar-refractivity contribution in [1.29, 1.82) is 0 Å². The van der Waals surface area contributed by atoms with Crippen LogP contribution in [0.15, 0.2) is 194 Å². The number of hydrogen-bond acceptors (Lipinski definition) is 0. The van der Waals surface area contributed by atoms with Crippen molar-refractivity contribution in [3.63, 3.8) is 0 Å². The van der Waals surface area contributed by atoms with Crippen LogP contribution in [0.3, 0.4) is 0 Å². The molecule has 7 aromatic rings. The van der Waals surface area contributed by atoms with E-state index < -0.39 is 0 Å². The summed E-state index contributed by atoms with van der Waals surface area (Å²) in [4.78, 5) is 0. The molecule has 0 aliphatic heterocycles. The maximum atomic E-state index is 2.49.